The summed E-state index contributed by atoms with van der Waals surface area (Å²) in [6.07, 6.45) is 12.5. The smallest absolute Gasteiger partial charge is 0.0101 e. The molecule has 1 saturated carbocycles. The Kier molecular flexibility index (Phi) is 5.19. The molecule has 1 rings (SSSR count). The van der Waals surface area contributed by atoms with Gasteiger partial charge in [-0.1, -0.05) is 13.8 Å². The van der Waals surface area contributed by atoms with Crippen molar-refractivity contribution in [3.05, 3.63) is 0 Å². The van der Waals surface area contributed by atoms with E-state index in [0.717, 1.165) is 30.6 Å². The van der Waals surface area contributed by atoms with Gasteiger partial charge in [-0.25, -0.2) is 0 Å². The molecule has 0 aromatic carbocycles. The SMILES string of the molecule is C#CCCC(N)C1CCC(C(C)C)CC1. The molecule has 1 fully saturated rings. The lowest BCUT2D eigenvalue weighted by molar-refractivity contribution is 0.200. The van der Waals surface area contributed by atoms with Crippen LogP contribution in [0.15, 0.2) is 0 Å². The third kappa shape index (κ3) is 3.87. The number of nitrogens with two attached hydrogens (primary N) is 1. The van der Waals surface area contributed by atoms with E-state index in [9.17, 15) is 0 Å². The number of hydrogen-bond acceptors (Lipinski definition) is 1. The van der Waals surface area contributed by atoms with Crippen LogP contribution in [0.25, 0.3) is 0 Å². The molecule has 0 aliphatic heterocycles. The molecule has 1 heteroatoms. The van der Waals surface area contributed by atoms with Crippen molar-refractivity contribution in [1.29, 1.82) is 0 Å². The first-order valence-corrected chi connectivity index (χ1v) is 6.34. The first-order valence-electron chi connectivity index (χ1n) is 6.34. The van der Waals surface area contributed by atoms with Crippen molar-refractivity contribution < 1.29 is 0 Å². The Labute approximate surface area is 94.8 Å². The molecule has 0 bridgehead atoms. The predicted molar refractivity (Wildman–Crippen MR) is 66.3 cm³/mol. The van der Waals surface area contributed by atoms with Gasteiger partial charge in [-0.3, -0.25) is 0 Å². The van der Waals surface area contributed by atoms with Crippen molar-refractivity contribution in [2.75, 3.05) is 0 Å². The average molecular weight is 207 g/mol. The number of terminal acetylenes is 1. The highest BCUT2D eigenvalue weighted by molar-refractivity contribution is 4.88. The van der Waals surface area contributed by atoms with E-state index >= 15 is 0 Å². The summed E-state index contributed by atoms with van der Waals surface area (Å²) in [6.45, 7) is 4.67. The van der Waals surface area contributed by atoms with Crippen molar-refractivity contribution in [3.63, 3.8) is 0 Å². The van der Waals surface area contributed by atoms with Crippen molar-refractivity contribution in [2.24, 2.45) is 23.5 Å². The first-order chi connectivity index (χ1) is 7.15. The third-order valence-corrected chi connectivity index (χ3v) is 3.99. The molecule has 86 valence electrons. The van der Waals surface area contributed by atoms with Gasteiger partial charge in [-0.15, -0.1) is 12.3 Å². The highest BCUT2D eigenvalue weighted by Crippen LogP contribution is 2.34. The van der Waals surface area contributed by atoms with Crippen LogP contribution in [0.4, 0.5) is 0 Å². The molecule has 0 radical (unpaired) electrons. The molecule has 0 aromatic heterocycles. The Morgan fingerprint density at radius 1 is 1.20 bits per heavy atom. The van der Waals surface area contributed by atoms with Gasteiger partial charge in [0.05, 0.1) is 0 Å². The summed E-state index contributed by atoms with van der Waals surface area (Å²) in [6, 6.07) is 0.342. The third-order valence-electron chi connectivity index (χ3n) is 3.99. The van der Waals surface area contributed by atoms with E-state index in [1.807, 2.05) is 0 Å². The van der Waals surface area contributed by atoms with Gasteiger partial charge in [0.1, 0.15) is 0 Å². The minimum absolute atomic E-state index is 0.342. The Morgan fingerprint density at radius 2 is 1.73 bits per heavy atom. The van der Waals surface area contributed by atoms with E-state index in [4.69, 9.17) is 12.2 Å². The lowest BCUT2D eigenvalue weighted by atomic mass is 9.74. The summed E-state index contributed by atoms with van der Waals surface area (Å²) in [4.78, 5) is 0. The van der Waals surface area contributed by atoms with Crippen molar-refractivity contribution in [1.82, 2.24) is 0 Å². The maximum atomic E-state index is 6.16. The molecule has 0 saturated heterocycles. The second kappa shape index (κ2) is 6.18. The molecule has 1 unspecified atom stereocenters. The average Bonchev–Trinajstić information content (AvgIpc) is 2.26. The Hall–Kier alpha value is -0.480. The van der Waals surface area contributed by atoms with Crippen LogP contribution in [-0.2, 0) is 0 Å². The van der Waals surface area contributed by atoms with E-state index in [0.29, 0.717) is 6.04 Å². The summed E-state index contributed by atoms with van der Waals surface area (Å²) in [5, 5.41) is 0. The lowest BCUT2D eigenvalue weighted by Gasteiger charge is -2.33. The van der Waals surface area contributed by atoms with Gasteiger partial charge in [-0.2, -0.15) is 0 Å². The number of hydrogen-bond donors (Lipinski definition) is 1. The largest absolute Gasteiger partial charge is 0.327 e. The quantitative estimate of drug-likeness (QED) is 0.704. The fourth-order valence-corrected chi connectivity index (χ4v) is 2.73. The summed E-state index contributed by atoms with van der Waals surface area (Å²) >= 11 is 0. The zero-order chi connectivity index (χ0) is 11.3. The monoisotopic (exact) mass is 207 g/mol. The molecule has 0 spiro atoms. The molecule has 0 heterocycles. The van der Waals surface area contributed by atoms with Crippen LogP contribution in [0.3, 0.4) is 0 Å². The van der Waals surface area contributed by atoms with Crippen LogP contribution in [0.5, 0.6) is 0 Å². The van der Waals surface area contributed by atoms with Crippen LogP contribution in [0.2, 0.25) is 0 Å². The maximum Gasteiger partial charge on any atom is 0.0101 e. The van der Waals surface area contributed by atoms with Crippen LogP contribution in [0, 0.1) is 30.1 Å². The molecular weight excluding hydrogens is 182 g/mol. The van der Waals surface area contributed by atoms with Crippen LogP contribution < -0.4 is 5.73 Å². The van der Waals surface area contributed by atoms with Gasteiger partial charge in [0.25, 0.3) is 0 Å². The predicted octanol–water partition coefficient (Wildman–Crippen LogP) is 3.19. The molecular formula is C14H25N. The van der Waals surface area contributed by atoms with Gasteiger partial charge >= 0.3 is 0 Å². The van der Waals surface area contributed by atoms with Crippen LogP contribution >= 0.6 is 0 Å². The minimum atomic E-state index is 0.342. The zero-order valence-electron chi connectivity index (χ0n) is 10.2. The van der Waals surface area contributed by atoms with E-state index in [2.05, 4.69) is 19.8 Å². The normalized spacial score (nSPS) is 28.7. The minimum Gasteiger partial charge on any atom is -0.327 e. The standard InChI is InChI=1S/C14H25N/c1-4-5-6-14(15)13-9-7-12(8-10-13)11(2)3/h1,11-14H,5-10,15H2,2-3H3. The Morgan fingerprint density at radius 3 is 2.20 bits per heavy atom. The van der Waals surface area contributed by atoms with E-state index in [1.165, 1.54) is 25.7 Å². The fraction of sp³-hybridized carbons (Fsp3) is 0.857. The molecule has 1 nitrogen and oxygen atoms in total. The highest BCUT2D eigenvalue weighted by Gasteiger charge is 2.26. The van der Waals surface area contributed by atoms with Gasteiger partial charge < -0.3 is 5.73 Å². The molecule has 1 atom stereocenters. The summed E-state index contributed by atoms with van der Waals surface area (Å²) in [7, 11) is 0. The van der Waals surface area contributed by atoms with Gasteiger partial charge in [0.15, 0.2) is 0 Å². The highest BCUT2D eigenvalue weighted by atomic mass is 14.6. The number of rotatable bonds is 4. The second-order valence-corrected chi connectivity index (χ2v) is 5.33. The van der Waals surface area contributed by atoms with Crippen molar-refractivity contribution in [3.8, 4) is 12.3 Å². The van der Waals surface area contributed by atoms with Gasteiger partial charge in [-0.05, 0) is 49.9 Å². The van der Waals surface area contributed by atoms with E-state index in [1.54, 1.807) is 0 Å². The summed E-state index contributed by atoms with van der Waals surface area (Å²) in [5.74, 6) is 5.19. The van der Waals surface area contributed by atoms with Crippen molar-refractivity contribution in [2.45, 2.75) is 58.4 Å². The van der Waals surface area contributed by atoms with Gasteiger partial charge in [0, 0.05) is 12.5 Å². The topological polar surface area (TPSA) is 26.0 Å². The summed E-state index contributed by atoms with van der Waals surface area (Å²) < 4.78 is 0. The molecule has 0 amide bonds. The van der Waals surface area contributed by atoms with Crippen LogP contribution in [-0.4, -0.2) is 6.04 Å². The molecule has 0 aromatic rings. The maximum absolute atomic E-state index is 6.16. The first kappa shape index (κ1) is 12.6. The fourth-order valence-electron chi connectivity index (χ4n) is 2.73. The summed E-state index contributed by atoms with van der Waals surface area (Å²) in [5.41, 5.74) is 6.16. The molecule has 1 aliphatic carbocycles. The molecule has 2 N–H and O–H groups in total. The Bertz CT molecular complexity index is 206. The van der Waals surface area contributed by atoms with E-state index < -0.39 is 0 Å². The van der Waals surface area contributed by atoms with Crippen molar-refractivity contribution >= 4 is 0 Å². The van der Waals surface area contributed by atoms with E-state index in [-0.39, 0.29) is 0 Å². The lowest BCUT2D eigenvalue weighted by Crippen LogP contribution is -2.33. The molecule has 15 heavy (non-hydrogen) atoms. The molecule has 1 aliphatic rings. The van der Waals surface area contributed by atoms with Crippen LogP contribution in [0.1, 0.15) is 52.4 Å². The zero-order valence-corrected chi connectivity index (χ0v) is 10.2. The van der Waals surface area contributed by atoms with Gasteiger partial charge in [0.2, 0.25) is 0 Å². The second-order valence-electron chi connectivity index (χ2n) is 5.33. The Balaban J connectivity index is 2.27.